The van der Waals surface area contributed by atoms with E-state index in [1.165, 1.54) is 38.7 Å². The van der Waals surface area contributed by atoms with E-state index >= 15 is 0 Å². The smallest absolute Gasteiger partial charge is 0.353 e. The number of nitro groups is 1. The summed E-state index contributed by atoms with van der Waals surface area (Å²) < 4.78 is 23.5. The van der Waals surface area contributed by atoms with Crippen molar-refractivity contribution >= 4 is 34.6 Å². The van der Waals surface area contributed by atoms with Gasteiger partial charge < -0.3 is 20.1 Å². The van der Waals surface area contributed by atoms with Crippen LogP contribution in [0.2, 0.25) is 5.02 Å². The number of nitrogens with one attached hydrogen (secondary N) is 2. The van der Waals surface area contributed by atoms with Crippen molar-refractivity contribution in [3.05, 3.63) is 69.2 Å². The van der Waals surface area contributed by atoms with E-state index in [0.29, 0.717) is 17.2 Å². The Balaban J connectivity index is 1.92. The number of rotatable bonds is 8. The van der Waals surface area contributed by atoms with Crippen LogP contribution in [0, 0.1) is 15.9 Å². The van der Waals surface area contributed by atoms with Gasteiger partial charge >= 0.3 is 5.69 Å². The molecule has 156 valence electrons. The van der Waals surface area contributed by atoms with E-state index in [9.17, 15) is 14.5 Å². The monoisotopic (exact) mass is 433 g/mol. The van der Waals surface area contributed by atoms with E-state index in [4.69, 9.17) is 21.1 Å². The van der Waals surface area contributed by atoms with Crippen molar-refractivity contribution in [2.24, 2.45) is 0 Å². The molecule has 0 atom stereocenters. The normalized spacial score (nSPS) is 10.4. The van der Waals surface area contributed by atoms with Gasteiger partial charge in [-0.1, -0.05) is 23.7 Å². The van der Waals surface area contributed by atoms with Crippen molar-refractivity contribution in [2.75, 3.05) is 24.9 Å². The molecular formula is C19H17ClFN5O4. The first-order valence-corrected chi connectivity index (χ1v) is 8.97. The molecule has 9 nitrogen and oxygen atoms in total. The molecule has 3 aromatic rings. The van der Waals surface area contributed by atoms with E-state index < -0.39 is 4.92 Å². The number of hydrogen-bond acceptors (Lipinski definition) is 8. The summed E-state index contributed by atoms with van der Waals surface area (Å²) in [6, 6.07) is 8.80. The summed E-state index contributed by atoms with van der Waals surface area (Å²) in [7, 11) is 2.90. The van der Waals surface area contributed by atoms with Crippen molar-refractivity contribution in [1.29, 1.82) is 0 Å². The molecule has 0 spiro atoms. The minimum absolute atomic E-state index is 0.000371. The molecule has 1 heterocycles. The van der Waals surface area contributed by atoms with E-state index in [-0.39, 0.29) is 34.7 Å². The quantitative estimate of drug-likeness (QED) is 0.393. The van der Waals surface area contributed by atoms with Crippen LogP contribution in [0.3, 0.4) is 0 Å². The molecule has 0 bridgehead atoms. The van der Waals surface area contributed by atoms with Crippen molar-refractivity contribution in [1.82, 2.24) is 9.97 Å². The Bertz CT molecular complexity index is 1070. The van der Waals surface area contributed by atoms with Crippen molar-refractivity contribution in [2.45, 2.75) is 6.54 Å². The standard InChI is InChI=1S/C19H17ClFN5O4/c1-29-15-8-16(30-2)14(7-13(15)20)25-19-17(26(27)28)18(23-10-24-19)22-9-11-3-5-12(21)6-4-11/h3-8,10H,9H2,1-2H3,(H2,22,23,24,25). The maximum atomic E-state index is 13.1. The fourth-order valence-corrected chi connectivity index (χ4v) is 2.89. The summed E-state index contributed by atoms with van der Waals surface area (Å²) in [6.07, 6.45) is 1.18. The van der Waals surface area contributed by atoms with Crippen LogP contribution in [0.5, 0.6) is 11.5 Å². The average Bonchev–Trinajstić information content (AvgIpc) is 2.73. The first kappa shape index (κ1) is 21.1. The minimum atomic E-state index is -0.604. The molecular weight excluding hydrogens is 417 g/mol. The van der Waals surface area contributed by atoms with Gasteiger partial charge in [0.15, 0.2) is 0 Å². The molecule has 2 N–H and O–H groups in total. The third-order valence-corrected chi connectivity index (χ3v) is 4.40. The van der Waals surface area contributed by atoms with Crippen LogP contribution in [0.15, 0.2) is 42.7 Å². The largest absolute Gasteiger partial charge is 0.495 e. The Hall–Kier alpha value is -3.66. The lowest BCUT2D eigenvalue weighted by Gasteiger charge is -2.14. The number of anilines is 3. The highest BCUT2D eigenvalue weighted by Gasteiger charge is 2.24. The summed E-state index contributed by atoms with van der Waals surface area (Å²) in [5.74, 6) is 0.310. The maximum absolute atomic E-state index is 13.1. The van der Waals surface area contributed by atoms with Crippen LogP contribution in [0.25, 0.3) is 0 Å². The number of nitrogens with zero attached hydrogens (tertiary/aromatic N) is 3. The van der Waals surface area contributed by atoms with Gasteiger partial charge in [0.25, 0.3) is 0 Å². The second kappa shape index (κ2) is 9.23. The molecule has 3 rings (SSSR count). The summed E-state index contributed by atoms with van der Waals surface area (Å²) in [5, 5.41) is 17.8. The number of halogens is 2. The molecule has 0 unspecified atom stereocenters. The highest BCUT2D eigenvalue weighted by molar-refractivity contribution is 6.32. The molecule has 0 amide bonds. The van der Waals surface area contributed by atoms with Crippen LogP contribution in [0.4, 0.5) is 27.4 Å². The zero-order chi connectivity index (χ0) is 21.7. The van der Waals surface area contributed by atoms with Gasteiger partial charge in [0.2, 0.25) is 11.6 Å². The van der Waals surface area contributed by atoms with Gasteiger partial charge in [0.05, 0.1) is 29.9 Å². The molecule has 0 saturated heterocycles. The molecule has 11 heteroatoms. The summed E-state index contributed by atoms with van der Waals surface area (Å²) in [5.41, 5.74) is 0.714. The van der Waals surface area contributed by atoms with E-state index in [2.05, 4.69) is 20.6 Å². The third kappa shape index (κ3) is 4.66. The number of ether oxygens (including phenoxy) is 2. The maximum Gasteiger partial charge on any atom is 0.353 e. The molecule has 0 aliphatic carbocycles. The lowest BCUT2D eigenvalue weighted by molar-refractivity contribution is -0.383. The van der Waals surface area contributed by atoms with Crippen LogP contribution >= 0.6 is 11.6 Å². The molecule has 0 fully saturated rings. The van der Waals surface area contributed by atoms with Gasteiger partial charge in [-0.25, -0.2) is 14.4 Å². The molecule has 0 radical (unpaired) electrons. The fraction of sp³-hybridized carbons (Fsp3) is 0.158. The average molecular weight is 434 g/mol. The van der Waals surface area contributed by atoms with Crippen molar-refractivity contribution in [3.8, 4) is 11.5 Å². The first-order valence-electron chi connectivity index (χ1n) is 8.59. The van der Waals surface area contributed by atoms with Crippen LogP contribution in [-0.2, 0) is 6.54 Å². The van der Waals surface area contributed by atoms with Gasteiger partial charge in [0, 0.05) is 12.6 Å². The Morgan fingerprint density at radius 1 is 1.10 bits per heavy atom. The molecule has 0 aliphatic rings. The van der Waals surface area contributed by atoms with Crippen molar-refractivity contribution in [3.63, 3.8) is 0 Å². The Morgan fingerprint density at radius 2 is 1.77 bits per heavy atom. The van der Waals surface area contributed by atoms with E-state index in [0.717, 1.165) is 5.56 Å². The lowest BCUT2D eigenvalue weighted by atomic mass is 10.2. The molecule has 0 aliphatic heterocycles. The van der Waals surface area contributed by atoms with Gasteiger partial charge in [-0.05, 0) is 23.8 Å². The number of aromatic nitrogens is 2. The fourth-order valence-electron chi connectivity index (χ4n) is 2.65. The topological polar surface area (TPSA) is 111 Å². The summed E-state index contributed by atoms with van der Waals surface area (Å²) >= 11 is 6.16. The van der Waals surface area contributed by atoms with Gasteiger partial charge in [0.1, 0.15) is 23.6 Å². The van der Waals surface area contributed by atoms with Gasteiger partial charge in [-0.2, -0.15) is 0 Å². The zero-order valence-corrected chi connectivity index (χ0v) is 16.7. The second-order valence-electron chi connectivity index (χ2n) is 5.97. The molecule has 1 aromatic heterocycles. The minimum Gasteiger partial charge on any atom is -0.495 e. The van der Waals surface area contributed by atoms with Crippen LogP contribution < -0.4 is 20.1 Å². The Kier molecular flexibility index (Phi) is 6.48. The summed E-state index contributed by atoms with van der Waals surface area (Å²) in [4.78, 5) is 19.1. The van der Waals surface area contributed by atoms with Crippen LogP contribution in [-0.4, -0.2) is 29.1 Å². The second-order valence-corrected chi connectivity index (χ2v) is 6.38. The lowest BCUT2D eigenvalue weighted by Crippen LogP contribution is -2.08. The van der Waals surface area contributed by atoms with Gasteiger partial charge in [-0.15, -0.1) is 0 Å². The van der Waals surface area contributed by atoms with Gasteiger partial charge in [-0.3, -0.25) is 10.1 Å². The highest BCUT2D eigenvalue weighted by atomic mass is 35.5. The van der Waals surface area contributed by atoms with Crippen molar-refractivity contribution < 1.29 is 18.8 Å². The predicted molar refractivity (Wildman–Crippen MR) is 110 cm³/mol. The predicted octanol–water partition coefficient (Wildman–Crippen LogP) is 4.55. The number of benzene rings is 2. The highest BCUT2D eigenvalue weighted by Crippen LogP contribution is 2.39. The van der Waals surface area contributed by atoms with Crippen LogP contribution in [0.1, 0.15) is 5.56 Å². The first-order chi connectivity index (χ1) is 14.4. The van der Waals surface area contributed by atoms with E-state index in [1.54, 1.807) is 18.2 Å². The van der Waals surface area contributed by atoms with E-state index in [1.807, 2.05) is 0 Å². The number of hydrogen-bond donors (Lipinski definition) is 2. The molecule has 2 aromatic carbocycles. The molecule has 0 saturated carbocycles. The zero-order valence-electron chi connectivity index (χ0n) is 16.0. The Labute approximate surface area is 176 Å². The SMILES string of the molecule is COc1cc(OC)c(Nc2ncnc(NCc3ccc(F)cc3)c2[N+](=O)[O-])cc1Cl. The number of methoxy groups -OCH3 is 2. The summed E-state index contributed by atoms with van der Waals surface area (Å²) in [6.45, 7) is 0.204. The third-order valence-electron chi connectivity index (χ3n) is 4.11. The Morgan fingerprint density at radius 3 is 2.40 bits per heavy atom. The molecule has 30 heavy (non-hydrogen) atoms.